The maximum absolute atomic E-state index is 12.8. The van der Waals surface area contributed by atoms with E-state index in [0.717, 1.165) is 18.9 Å². The first kappa shape index (κ1) is 26.3. The van der Waals surface area contributed by atoms with Gasteiger partial charge >= 0.3 is 5.97 Å². The summed E-state index contributed by atoms with van der Waals surface area (Å²) in [4.78, 5) is 31.9. The molecule has 0 aromatic heterocycles. The summed E-state index contributed by atoms with van der Waals surface area (Å²) in [5.74, 6) is -1.79. The highest BCUT2D eigenvalue weighted by Crippen LogP contribution is 2.37. The van der Waals surface area contributed by atoms with Gasteiger partial charge in [-0.05, 0) is 45.3 Å². The summed E-state index contributed by atoms with van der Waals surface area (Å²) >= 11 is 6.30. The number of amides is 1. The summed E-state index contributed by atoms with van der Waals surface area (Å²) in [6.45, 7) is 6.38. The van der Waals surface area contributed by atoms with Gasteiger partial charge < -0.3 is 24.7 Å². The van der Waals surface area contributed by atoms with Gasteiger partial charge in [0.15, 0.2) is 6.61 Å². The van der Waals surface area contributed by atoms with Crippen LogP contribution in [0.25, 0.3) is 0 Å². The summed E-state index contributed by atoms with van der Waals surface area (Å²) in [6.07, 6.45) is 9.10. The van der Waals surface area contributed by atoms with Crippen molar-refractivity contribution in [2.75, 3.05) is 19.7 Å². The highest BCUT2D eigenvalue weighted by Gasteiger charge is 2.25. The second-order valence-electron chi connectivity index (χ2n) is 7.58. The van der Waals surface area contributed by atoms with Crippen LogP contribution in [-0.2, 0) is 20.8 Å². The van der Waals surface area contributed by atoms with Crippen LogP contribution in [0.1, 0.15) is 56.0 Å². The zero-order valence-corrected chi connectivity index (χ0v) is 20.0. The van der Waals surface area contributed by atoms with Crippen LogP contribution in [0.5, 0.6) is 11.5 Å². The average molecular weight is 479 g/mol. The lowest BCUT2D eigenvalue weighted by atomic mass is 9.99. The van der Waals surface area contributed by atoms with Crippen LogP contribution in [0, 0.1) is 0 Å². The normalized spacial score (nSPS) is 20.3. The van der Waals surface area contributed by atoms with Crippen LogP contribution < -0.4 is 0 Å². The Kier molecular flexibility index (Phi) is 10.3. The molecule has 1 heterocycles. The Morgan fingerprint density at radius 2 is 1.91 bits per heavy atom. The van der Waals surface area contributed by atoms with Crippen LogP contribution in [0.2, 0.25) is 5.02 Å². The minimum absolute atomic E-state index is 0.0363. The number of oxime groups is 1. The van der Waals surface area contributed by atoms with E-state index in [4.69, 9.17) is 21.2 Å². The van der Waals surface area contributed by atoms with E-state index in [9.17, 15) is 19.8 Å². The molecule has 180 valence electrons. The number of carbonyl (C=O) groups excluding carboxylic acids is 2. The molecule has 1 atom stereocenters. The topological polar surface area (TPSA) is 109 Å². The maximum Gasteiger partial charge on any atom is 0.342 e. The van der Waals surface area contributed by atoms with Gasteiger partial charge in [-0.25, -0.2) is 4.79 Å². The number of aromatic hydroxyl groups is 2. The summed E-state index contributed by atoms with van der Waals surface area (Å²) in [5.41, 5.74) is 0.365. The first-order valence-electron chi connectivity index (χ1n) is 11.0. The quantitative estimate of drug-likeness (QED) is 0.369. The first-order chi connectivity index (χ1) is 15.8. The smallest absolute Gasteiger partial charge is 0.342 e. The number of hydrogen-bond acceptors (Lipinski definition) is 7. The number of fused-ring (bicyclic) bond motifs is 1. The number of carbonyl (C=O) groups is 2. The minimum atomic E-state index is -0.761. The van der Waals surface area contributed by atoms with Crippen molar-refractivity contribution in [3.8, 4) is 11.5 Å². The molecule has 0 fully saturated rings. The van der Waals surface area contributed by atoms with Crippen molar-refractivity contribution in [1.82, 2.24) is 4.90 Å². The maximum atomic E-state index is 12.8. The lowest BCUT2D eigenvalue weighted by Gasteiger charge is -2.18. The van der Waals surface area contributed by atoms with E-state index >= 15 is 0 Å². The third kappa shape index (κ3) is 7.53. The fourth-order valence-electron chi connectivity index (χ4n) is 3.33. The molecule has 9 heteroatoms. The fraction of sp³-hybridized carbons (Fsp3) is 0.458. The molecule has 1 aromatic rings. The van der Waals surface area contributed by atoms with Crippen molar-refractivity contribution in [3.05, 3.63) is 46.5 Å². The van der Waals surface area contributed by atoms with Gasteiger partial charge in [-0.2, -0.15) is 0 Å². The van der Waals surface area contributed by atoms with E-state index < -0.39 is 17.8 Å². The Labute approximate surface area is 199 Å². The van der Waals surface area contributed by atoms with Crippen molar-refractivity contribution in [2.45, 2.75) is 52.6 Å². The molecule has 33 heavy (non-hydrogen) atoms. The molecule has 1 aromatic carbocycles. The zero-order chi connectivity index (χ0) is 24.4. The SMILES string of the molecule is CCN(CC)C(=O)CO/N=C1/C=C/CC/C=C/C[C@@H](C)OC(=O)c2c(O)cc(O)c(Cl)c2C1. The molecule has 0 spiro atoms. The molecular weight excluding hydrogens is 448 g/mol. The molecule has 0 saturated heterocycles. The van der Waals surface area contributed by atoms with Gasteiger partial charge in [0.25, 0.3) is 5.91 Å². The van der Waals surface area contributed by atoms with Gasteiger partial charge in [0.2, 0.25) is 0 Å². The molecular formula is C24H31ClN2O6. The Morgan fingerprint density at radius 3 is 2.61 bits per heavy atom. The summed E-state index contributed by atoms with van der Waals surface area (Å²) in [7, 11) is 0. The summed E-state index contributed by atoms with van der Waals surface area (Å²) in [5, 5.41) is 24.5. The second kappa shape index (κ2) is 12.9. The largest absolute Gasteiger partial charge is 0.507 e. The van der Waals surface area contributed by atoms with Crippen molar-refractivity contribution >= 4 is 29.2 Å². The number of nitrogens with zero attached hydrogens (tertiary/aromatic N) is 2. The van der Waals surface area contributed by atoms with E-state index in [1.54, 1.807) is 17.9 Å². The van der Waals surface area contributed by atoms with Crippen LogP contribution in [0.3, 0.4) is 0 Å². The number of allylic oxidation sites excluding steroid dienone is 3. The molecule has 1 amide bonds. The molecule has 1 aliphatic rings. The van der Waals surface area contributed by atoms with E-state index in [1.165, 1.54) is 0 Å². The van der Waals surface area contributed by atoms with Crippen LogP contribution in [-0.4, -0.2) is 58.5 Å². The highest BCUT2D eigenvalue weighted by molar-refractivity contribution is 6.33. The Balaban J connectivity index is 2.42. The molecule has 8 nitrogen and oxygen atoms in total. The average Bonchev–Trinajstić information content (AvgIpc) is 2.76. The van der Waals surface area contributed by atoms with E-state index in [0.29, 0.717) is 25.2 Å². The Morgan fingerprint density at radius 1 is 1.21 bits per heavy atom. The van der Waals surface area contributed by atoms with E-state index in [1.807, 2.05) is 32.1 Å². The fourth-order valence-corrected chi connectivity index (χ4v) is 3.54. The van der Waals surface area contributed by atoms with Gasteiger partial charge in [-0.3, -0.25) is 4.79 Å². The number of hydrogen-bond donors (Lipinski definition) is 2. The number of cyclic esters (lactones) is 1. The molecule has 0 bridgehead atoms. The standard InChI is InChI=1S/C24H31ClN2O6/c1-4-27(5-2)21(30)15-32-26-17-12-10-8-6-7-9-11-16(3)33-24(31)22-18(13-17)23(25)20(29)14-19(22)28/h7,9-10,12,14,16,28-29H,4-6,8,11,13,15H2,1-3H3/b9-7+,12-10+,26-17-/t16-/m1/s1. The Hall–Kier alpha value is -3.00. The van der Waals surface area contributed by atoms with Gasteiger partial charge in [0, 0.05) is 32.0 Å². The van der Waals surface area contributed by atoms with E-state index in [-0.39, 0.29) is 40.8 Å². The summed E-state index contributed by atoms with van der Waals surface area (Å²) in [6, 6.07) is 1.00. The van der Waals surface area contributed by atoms with Gasteiger partial charge in [-0.1, -0.05) is 35.0 Å². The van der Waals surface area contributed by atoms with E-state index in [2.05, 4.69) is 5.16 Å². The zero-order valence-electron chi connectivity index (χ0n) is 19.2. The third-order valence-electron chi connectivity index (χ3n) is 5.12. The summed E-state index contributed by atoms with van der Waals surface area (Å²) < 4.78 is 5.47. The monoisotopic (exact) mass is 478 g/mol. The second-order valence-corrected chi connectivity index (χ2v) is 7.96. The first-order valence-corrected chi connectivity index (χ1v) is 11.4. The number of esters is 1. The van der Waals surface area contributed by atoms with Crippen LogP contribution in [0.4, 0.5) is 0 Å². The number of phenolic OH excluding ortho intramolecular Hbond substituents is 2. The van der Waals surface area contributed by atoms with Gasteiger partial charge in [0.05, 0.1) is 10.7 Å². The molecule has 2 rings (SSSR count). The number of halogens is 1. The number of ether oxygens (including phenoxy) is 1. The number of likely N-dealkylation sites (N-methyl/N-ethyl adjacent to an activating group) is 1. The predicted octanol–water partition coefficient (Wildman–Crippen LogP) is 4.38. The van der Waals surface area contributed by atoms with Crippen LogP contribution in [0.15, 0.2) is 35.5 Å². The van der Waals surface area contributed by atoms with Crippen molar-refractivity contribution in [3.63, 3.8) is 0 Å². The van der Waals surface area contributed by atoms with Crippen molar-refractivity contribution in [1.29, 1.82) is 0 Å². The number of phenols is 2. The lowest BCUT2D eigenvalue weighted by Crippen LogP contribution is -2.33. The highest BCUT2D eigenvalue weighted by atomic mass is 35.5. The molecule has 0 radical (unpaired) electrons. The lowest BCUT2D eigenvalue weighted by molar-refractivity contribution is -0.135. The molecule has 1 aliphatic heterocycles. The number of rotatable bonds is 5. The van der Waals surface area contributed by atoms with Crippen molar-refractivity contribution in [2.24, 2.45) is 5.16 Å². The predicted molar refractivity (Wildman–Crippen MR) is 127 cm³/mol. The van der Waals surface area contributed by atoms with Crippen LogP contribution >= 0.6 is 11.6 Å². The Bertz CT molecular complexity index is 937. The molecule has 0 saturated carbocycles. The van der Waals surface area contributed by atoms with Gasteiger partial charge in [0.1, 0.15) is 23.2 Å². The molecule has 2 N–H and O–H groups in total. The molecule has 0 unspecified atom stereocenters. The molecule has 0 aliphatic carbocycles. The van der Waals surface area contributed by atoms with Gasteiger partial charge in [-0.15, -0.1) is 0 Å². The minimum Gasteiger partial charge on any atom is -0.507 e. The third-order valence-corrected chi connectivity index (χ3v) is 5.54. The number of benzene rings is 1. The van der Waals surface area contributed by atoms with Crippen molar-refractivity contribution < 1.29 is 29.4 Å².